The smallest absolute Gasteiger partial charge is 0.0114 e. The maximum absolute atomic E-state index is 5.39. The van der Waals surface area contributed by atoms with Gasteiger partial charge in [-0.2, -0.15) is 0 Å². The van der Waals surface area contributed by atoms with E-state index in [1.54, 1.807) is 0 Å². The van der Waals surface area contributed by atoms with E-state index in [-0.39, 0.29) is 0 Å². The van der Waals surface area contributed by atoms with Gasteiger partial charge in [0, 0.05) is 6.42 Å². The monoisotopic (exact) mass is 192 g/mol. The van der Waals surface area contributed by atoms with Gasteiger partial charge in [0.15, 0.2) is 0 Å². The van der Waals surface area contributed by atoms with Gasteiger partial charge in [0.25, 0.3) is 0 Å². The lowest BCUT2D eigenvalue weighted by molar-refractivity contribution is 0.166. The molecular formula is C14H24. The molecule has 0 aliphatic heterocycles. The summed E-state index contributed by atoms with van der Waals surface area (Å²) in [6.45, 7) is 4.64. The fourth-order valence-corrected chi connectivity index (χ4v) is 3.03. The van der Waals surface area contributed by atoms with Gasteiger partial charge < -0.3 is 0 Å². The quantitative estimate of drug-likeness (QED) is 0.584. The summed E-state index contributed by atoms with van der Waals surface area (Å²) < 4.78 is 0. The number of hydrogen-bond donors (Lipinski definition) is 0. The van der Waals surface area contributed by atoms with Gasteiger partial charge in [-0.05, 0) is 37.0 Å². The normalized spacial score (nSPS) is 32.5. The summed E-state index contributed by atoms with van der Waals surface area (Å²) in [5, 5.41) is 0. The molecule has 1 saturated carbocycles. The highest BCUT2D eigenvalue weighted by atomic mass is 14.3. The van der Waals surface area contributed by atoms with Crippen molar-refractivity contribution < 1.29 is 0 Å². The van der Waals surface area contributed by atoms with E-state index >= 15 is 0 Å². The van der Waals surface area contributed by atoms with Gasteiger partial charge in [-0.25, -0.2) is 0 Å². The molecule has 0 aromatic heterocycles. The highest BCUT2D eigenvalue weighted by molar-refractivity contribution is 4.90. The first kappa shape index (κ1) is 11.6. The Morgan fingerprint density at radius 3 is 2.57 bits per heavy atom. The van der Waals surface area contributed by atoms with Crippen LogP contribution in [0.4, 0.5) is 0 Å². The molecule has 3 unspecified atom stereocenters. The third-order valence-electron chi connectivity index (χ3n) is 3.84. The Hall–Kier alpha value is -0.440. The maximum atomic E-state index is 5.39. The minimum atomic E-state index is 0.832. The molecule has 0 bridgehead atoms. The summed E-state index contributed by atoms with van der Waals surface area (Å²) in [6.07, 6.45) is 14.7. The fraction of sp³-hybridized carbons (Fsp3) is 0.857. The second kappa shape index (κ2) is 6.12. The largest absolute Gasteiger partial charge is 0.120 e. The van der Waals surface area contributed by atoms with Crippen molar-refractivity contribution in [3.63, 3.8) is 0 Å². The minimum absolute atomic E-state index is 0.832. The molecule has 0 amide bonds. The van der Waals surface area contributed by atoms with Crippen molar-refractivity contribution in [2.45, 2.75) is 58.8 Å². The third-order valence-corrected chi connectivity index (χ3v) is 3.84. The van der Waals surface area contributed by atoms with E-state index in [0.29, 0.717) is 0 Å². The summed E-state index contributed by atoms with van der Waals surface area (Å²) >= 11 is 0. The second-order valence-corrected chi connectivity index (χ2v) is 4.80. The van der Waals surface area contributed by atoms with Gasteiger partial charge in [-0.3, -0.25) is 0 Å². The SMILES string of the molecule is C#CCC1CCC(CCC)C(CC)C1. The zero-order chi connectivity index (χ0) is 10.4. The molecule has 0 heteroatoms. The van der Waals surface area contributed by atoms with E-state index in [4.69, 9.17) is 6.42 Å². The van der Waals surface area contributed by atoms with E-state index in [1.165, 1.54) is 38.5 Å². The van der Waals surface area contributed by atoms with Crippen LogP contribution in [0.2, 0.25) is 0 Å². The van der Waals surface area contributed by atoms with Crippen LogP contribution in [0.3, 0.4) is 0 Å². The first-order chi connectivity index (χ1) is 6.81. The molecular weight excluding hydrogens is 168 g/mol. The molecule has 0 heterocycles. The second-order valence-electron chi connectivity index (χ2n) is 4.80. The average Bonchev–Trinajstić information content (AvgIpc) is 2.21. The van der Waals surface area contributed by atoms with Crippen molar-refractivity contribution >= 4 is 0 Å². The number of hydrogen-bond acceptors (Lipinski definition) is 0. The van der Waals surface area contributed by atoms with Crippen LogP contribution in [0, 0.1) is 30.1 Å². The maximum Gasteiger partial charge on any atom is 0.0114 e. The molecule has 14 heavy (non-hydrogen) atoms. The summed E-state index contributed by atoms with van der Waals surface area (Å²) in [7, 11) is 0. The highest BCUT2D eigenvalue weighted by Gasteiger charge is 2.27. The lowest BCUT2D eigenvalue weighted by atomic mass is 9.70. The van der Waals surface area contributed by atoms with E-state index in [9.17, 15) is 0 Å². The van der Waals surface area contributed by atoms with E-state index in [0.717, 1.165) is 24.2 Å². The molecule has 1 aliphatic carbocycles. The van der Waals surface area contributed by atoms with Crippen molar-refractivity contribution in [2.24, 2.45) is 17.8 Å². The molecule has 0 saturated heterocycles. The summed E-state index contributed by atoms with van der Waals surface area (Å²) in [5.74, 6) is 5.62. The Balaban J connectivity index is 2.42. The molecule has 80 valence electrons. The molecule has 0 aromatic rings. The zero-order valence-electron chi connectivity index (χ0n) is 9.76. The van der Waals surface area contributed by atoms with Crippen LogP contribution in [0.5, 0.6) is 0 Å². The van der Waals surface area contributed by atoms with Crippen LogP contribution < -0.4 is 0 Å². The molecule has 1 rings (SSSR count). The fourth-order valence-electron chi connectivity index (χ4n) is 3.03. The first-order valence-corrected chi connectivity index (χ1v) is 6.25. The molecule has 0 nitrogen and oxygen atoms in total. The molecule has 0 radical (unpaired) electrons. The zero-order valence-corrected chi connectivity index (χ0v) is 9.76. The van der Waals surface area contributed by atoms with Crippen LogP contribution in [-0.4, -0.2) is 0 Å². The molecule has 0 spiro atoms. The van der Waals surface area contributed by atoms with E-state index in [1.807, 2.05) is 0 Å². The van der Waals surface area contributed by atoms with Crippen LogP contribution in [-0.2, 0) is 0 Å². The van der Waals surface area contributed by atoms with Gasteiger partial charge in [0.1, 0.15) is 0 Å². The first-order valence-electron chi connectivity index (χ1n) is 6.25. The van der Waals surface area contributed by atoms with Crippen molar-refractivity contribution in [3.05, 3.63) is 0 Å². The van der Waals surface area contributed by atoms with Crippen LogP contribution in [0.1, 0.15) is 58.8 Å². The Bertz CT molecular complexity index is 187. The van der Waals surface area contributed by atoms with Gasteiger partial charge in [-0.1, -0.05) is 33.1 Å². The van der Waals surface area contributed by atoms with Crippen LogP contribution >= 0.6 is 0 Å². The predicted octanol–water partition coefficient (Wildman–Crippen LogP) is 4.25. The molecule has 3 atom stereocenters. The summed E-state index contributed by atoms with van der Waals surface area (Å²) in [6, 6.07) is 0. The van der Waals surface area contributed by atoms with Gasteiger partial charge in [-0.15, -0.1) is 12.3 Å². The van der Waals surface area contributed by atoms with Crippen LogP contribution in [0.15, 0.2) is 0 Å². The van der Waals surface area contributed by atoms with Crippen molar-refractivity contribution in [2.75, 3.05) is 0 Å². The highest BCUT2D eigenvalue weighted by Crippen LogP contribution is 2.39. The number of terminal acetylenes is 1. The van der Waals surface area contributed by atoms with Crippen molar-refractivity contribution in [1.29, 1.82) is 0 Å². The van der Waals surface area contributed by atoms with E-state index in [2.05, 4.69) is 19.8 Å². The Morgan fingerprint density at radius 2 is 2.00 bits per heavy atom. The van der Waals surface area contributed by atoms with Gasteiger partial charge in [0.05, 0.1) is 0 Å². The number of rotatable bonds is 4. The lowest BCUT2D eigenvalue weighted by Crippen LogP contribution is -2.24. The van der Waals surface area contributed by atoms with Gasteiger partial charge >= 0.3 is 0 Å². The molecule has 1 fully saturated rings. The Kier molecular flexibility index (Phi) is 5.09. The molecule has 0 aromatic carbocycles. The minimum Gasteiger partial charge on any atom is -0.120 e. The summed E-state index contributed by atoms with van der Waals surface area (Å²) in [4.78, 5) is 0. The summed E-state index contributed by atoms with van der Waals surface area (Å²) in [5.41, 5.74) is 0. The van der Waals surface area contributed by atoms with Crippen molar-refractivity contribution in [3.8, 4) is 12.3 Å². The average molecular weight is 192 g/mol. The third kappa shape index (κ3) is 3.05. The topological polar surface area (TPSA) is 0 Å². The Morgan fingerprint density at radius 1 is 1.21 bits per heavy atom. The predicted molar refractivity (Wildman–Crippen MR) is 63.0 cm³/mol. The molecule has 1 aliphatic rings. The van der Waals surface area contributed by atoms with Gasteiger partial charge in [0.2, 0.25) is 0 Å². The van der Waals surface area contributed by atoms with E-state index < -0.39 is 0 Å². The Labute approximate surface area is 89.5 Å². The van der Waals surface area contributed by atoms with Crippen LogP contribution in [0.25, 0.3) is 0 Å². The lowest BCUT2D eigenvalue weighted by Gasteiger charge is -2.35. The standard InChI is InChI=1S/C14H24/c1-4-7-12-9-10-14(8-5-2)13(6-3)11-12/h1,12-14H,5-11H2,2-3H3. The van der Waals surface area contributed by atoms with Crippen molar-refractivity contribution in [1.82, 2.24) is 0 Å². The molecule has 0 N–H and O–H groups in total.